The minimum absolute atomic E-state index is 0.0941. The summed E-state index contributed by atoms with van der Waals surface area (Å²) in [4.78, 5) is 14.3. The fraction of sp³-hybridized carbons (Fsp3) is 0.308. The minimum Gasteiger partial charge on any atom is -0.304 e. The van der Waals surface area contributed by atoms with Crippen molar-refractivity contribution in [2.75, 3.05) is 4.90 Å². The maximum atomic E-state index is 12.4. The van der Waals surface area contributed by atoms with E-state index in [1.165, 1.54) is 11.8 Å². The van der Waals surface area contributed by atoms with Crippen molar-refractivity contribution < 1.29 is 4.79 Å². The average molecular weight is 242 g/mol. The third kappa shape index (κ3) is 1.68. The predicted octanol–water partition coefficient (Wildman–Crippen LogP) is 1.79. The van der Waals surface area contributed by atoms with E-state index in [0.717, 1.165) is 18.5 Å². The lowest BCUT2D eigenvalue weighted by Crippen LogP contribution is -2.42. The van der Waals surface area contributed by atoms with Crippen molar-refractivity contribution in [2.45, 2.75) is 25.8 Å². The van der Waals surface area contributed by atoms with Gasteiger partial charge in [0.15, 0.2) is 5.69 Å². The van der Waals surface area contributed by atoms with E-state index < -0.39 is 0 Å². The van der Waals surface area contributed by atoms with Crippen LogP contribution in [0.3, 0.4) is 0 Å². The molecule has 1 aliphatic heterocycles. The van der Waals surface area contributed by atoms with Gasteiger partial charge in [0, 0.05) is 11.7 Å². The molecule has 0 bridgehead atoms. The van der Waals surface area contributed by atoms with Gasteiger partial charge < -0.3 is 4.90 Å². The molecule has 0 saturated heterocycles. The molecule has 3 rings (SSSR count). The summed E-state index contributed by atoms with van der Waals surface area (Å²) in [6.45, 7) is 2.06. The van der Waals surface area contributed by atoms with Crippen molar-refractivity contribution >= 4 is 11.6 Å². The van der Waals surface area contributed by atoms with Crippen LogP contribution in [0, 0.1) is 0 Å². The number of benzene rings is 1. The van der Waals surface area contributed by atoms with Gasteiger partial charge in [-0.15, -0.1) is 0 Å². The molecule has 18 heavy (non-hydrogen) atoms. The number of H-pyrrole nitrogens is 1. The Kier molecular flexibility index (Phi) is 2.59. The normalized spacial score (nSPS) is 18.5. The standard InChI is InChI=1S/C13H14N4O/c1-9-6-7-10-4-2-3-5-12(10)17(9)13(18)11-8-14-16-15-11/h2-5,8-9H,6-7H2,1H3,(H,14,15,16). The first kappa shape index (κ1) is 11.0. The van der Waals surface area contributed by atoms with Crippen molar-refractivity contribution in [2.24, 2.45) is 0 Å². The van der Waals surface area contributed by atoms with Crippen LogP contribution in [0.2, 0.25) is 0 Å². The highest BCUT2D eigenvalue weighted by Crippen LogP contribution is 2.31. The average Bonchev–Trinajstić information content (AvgIpc) is 2.92. The van der Waals surface area contributed by atoms with Gasteiger partial charge in [-0.1, -0.05) is 18.2 Å². The van der Waals surface area contributed by atoms with Crippen molar-refractivity contribution in [3.63, 3.8) is 0 Å². The molecule has 0 radical (unpaired) electrons. The lowest BCUT2D eigenvalue weighted by Gasteiger charge is -2.34. The molecule has 92 valence electrons. The molecule has 2 heterocycles. The van der Waals surface area contributed by atoms with Gasteiger partial charge in [0.25, 0.3) is 5.91 Å². The Morgan fingerprint density at radius 3 is 3.06 bits per heavy atom. The summed E-state index contributed by atoms with van der Waals surface area (Å²) in [7, 11) is 0. The zero-order chi connectivity index (χ0) is 12.5. The summed E-state index contributed by atoms with van der Waals surface area (Å²) in [5, 5.41) is 10.0. The number of carbonyl (C=O) groups excluding carboxylic acids is 1. The van der Waals surface area contributed by atoms with Crippen LogP contribution in [-0.2, 0) is 6.42 Å². The SMILES string of the molecule is CC1CCc2ccccc2N1C(=O)c1cn[nH]n1. The van der Waals surface area contributed by atoms with E-state index in [1.54, 1.807) is 0 Å². The molecule has 1 unspecified atom stereocenters. The second-order valence-corrected chi connectivity index (χ2v) is 4.55. The number of amides is 1. The lowest BCUT2D eigenvalue weighted by atomic mass is 9.96. The Morgan fingerprint density at radius 2 is 2.28 bits per heavy atom. The summed E-state index contributed by atoms with van der Waals surface area (Å²) in [5.74, 6) is -0.0941. The number of nitrogens with one attached hydrogen (secondary N) is 1. The number of para-hydroxylation sites is 1. The van der Waals surface area contributed by atoms with E-state index in [-0.39, 0.29) is 11.9 Å². The van der Waals surface area contributed by atoms with Crippen LogP contribution in [0.5, 0.6) is 0 Å². The van der Waals surface area contributed by atoms with Crippen LogP contribution in [0.15, 0.2) is 30.5 Å². The van der Waals surface area contributed by atoms with E-state index >= 15 is 0 Å². The number of rotatable bonds is 1. The molecule has 0 spiro atoms. The third-order valence-electron chi connectivity index (χ3n) is 3.38. The summed E-state index contributed by atoms with van der Waals surface area (Å²) in [6.07, 6.45) is 3.45. The number of nitrogens with zero attached hydrogens (tertiary/aromatic N) is 3. The maximum Gasteiger partial charge on any atom is 0.280 e. The molecular formula is C13H14N4O. The van der Waals surface area contributed by atoms with E-state index in [4.69, 9.17) is 0 Å². The van der Waals surface area contributed by atoms with Crippen LogP contribution in [0.1, 0.15) is 29.4 Å². The first-order valence-electron chi connectivity index (χ1n) is 6.04. The number of aromatic nitrogens is 3. The molecule has 1 N–H and O–H groups in total. The molecule has 0 aliphatic carbocycles. The second kappa shape index (κ2) is 4.25. The summed E-state index contributed by atoms with van der Waals surface area (Å²) in [5.41, 5.74) is 2.57. The first-order valence-corrected chi connectivity index (χ1v) is 6.04. The van der Waals surface area contributed by atoms with Gasteiger partial charge in [-0.25, -0.2) is 0 Å². The predicted molar refractivity (Wildman–Crippen MR) is 67.4 cm³/mol. The van der Waals surface area contributed by atoms with Gasteiger partial charge in [0.2, 0.25) is 0 Å². The topological polar surface area (TPSA) is 61.9 Å². The Hall–Kier alpha value is -2.17. The number of carbonyl (C=O) groups is 1. The quantitative estimate of drug-likeness (QED) is 0.829. The smallest absolute Gasteiger partial charge is 0.280 e. The molecule has 0 saturated carbocycles. The van der Waals surface area contributed by atoms with Crippen LogP contribution < -0.4 is 4.90 Å². The molecule has 5 nitrogen and oxygen atoms in total. The fourth-order valence-corrected chi connectivity index (χ4v) is 2.43. The Morgan fingerprint density at radius 1 is 1.44 bits per heavy atom. The van der Waals surface area contributed by atoms with E-state index in [9.17, 15) is 4.79 Å². The maximum absolute atomic E-state index is 12.4. The molecule has 5 heteroatoms. The highest BCUT2D eigenvalue weighted by Gasteiger charge is 2.29. The van der Waals surface area contributed by atoms with E-state index in [1.807, 2.05) is 23.1 Å². The Bertz CT molecular complexity index is 564. The monoisotopic (exact) mass is 242 g/mol. The van der Waals surface area contributed by atoms with Gasteiger partial charge >= 0.3 is 0 Å². The Labute approximate surface area is 105 Å². The van der Waals surface area contributed by atoms with Gasteiger partial charge in [-0.05, 0) is 31.4 Å². The Balaban J connectivity index is 2.03. The van der Waals surface area contributed by atoms with Gasteiger partial charge in [-0.3, -0.25) is 4.79 Å². The molecule has 2 aromatic rings. The largest absolute Gasteiger partial charge is 0.304 e. The number of fused-ring (bicyclic) bond motifs is 1. The minimum atomic E-state index is -0.0941. The highest BCUT2D eigenvalue weighted by atomic mass is 16.2. The number of hydrogen-bond acceptors (Lipinski definition) is 3. The lowest BCUT2D eigenvalue weighted by molar-refractivity contribution is 0.0970. The van der Waals surface area contributed by atoms with E-state index in [0.29, 0.717) is 5.69 Å². The van der Waals surface area contributed by atoms with Crippen molar-refractivity contribution in [3.8, 4) is 0 Å². The van der Waals surface area contributed by atoms with Crippen LogP contribution in [0.4, 0.5) is 5.69 Å². The van der Waals surface area contributed by atoms with Gasteiger partial charge in [0.1, 0.15) is 0 Å². The molecule has 1 amide bonds. The zero-order valence-electron chi connectivity index (χ0n) is 10.1. The molecule has 1 aromatic carbocycles. The summed E-state index contributed by atoms with van der Waals surface area (Å²) in [6, 6.07) is 8.21. The van der Waals surface area contributed by atoms with Crippen molar-refractivity contribution in [1.82, 2.24) is 15.4 Å². The third-order valence-corrected chi connectivity index (χ3v) is 3.38. The molecule has 1 aliphatic rings. The summed E-state index contributed by atoms with van der Waals surface area (Å²) >= 11 is 0. The highest BCUT2D eigenvalue weighted by molar-refractivity contribution is 6.05. The van der Waals surface area contributed by atoms with Crippen LogP contribution in [0.25, 0.3) is 0 Å². The number of aryl methyl sites for hydroxylation is 1. The van der Waals surface area contributed by atoms with Gasteiger partial charge in [-0.2, -0.15) is 15.4 Å². The van der Waals surface area contributed by atoms with Crippen LogP contribution in [-0.4, -0.2) is 27.4 Å². The summed E-state index contributed by atoms with van der Waals surface area (Å²) < 4.78 is 0. The van der Waals surface area contributed by atoms with E-state index in [2.05, 4.69) is 28.4 Å². The number of anilines is 1. The molecule has 0 fully saturated rings. The molecular weight excluding hydrogens is 228 g/mol. The fourth-order valence-electron chi connectivity index (χ4n) is 2.43. The van der Waals surface area contributed by atoms with Crippen LogP contribution >= 0.6 is 0 Å². The first-order chi connectivity index (χ1) is 8.77. The molecule has 1 aromatic heterocycles. The van der Waals surface area contributed by atoms with Crippen molar-refractivity contribution in [1.29, 1.82) is 0 Å². The van der Waals surface area contributed by atoms with Crippen molar-refractivity contribution in [3.05, 3.63) is 41.7 Å². The van der Waals surface area contributed by atoms with Gasteiger partial charge in [0.05, 0.1) is 6.20 Å². The second-order valence-electron chi connectivity index (χ2n) is 4.55. The number of aromatic amines is 1. The molecule has 1 atom stereocenters. The number of hydrogen-bond donors (Lipinski definition) is 1. The zero-order valence-corrected chi connectivity index (χ0v) is 10.1.